The van der Waals surface area contributed by atoms with Crippen molar-refractivity contribution < 1.29 is 0 Å². The SMILES string of the molecule is CNCc1nc2c([nH]1)CC(C)c1ccccc1-2. The van der Waals surface area contributed by atoms with Crippen LogP contribution in [0.1, 0.15) is 29.9 Å². The molecule has 0 aliphatic heterocycles. The molecule has 2 aromatic rings. The first-order valence-corrected chi connectivity index (χ1v) is 6.11. The van der Waals surface area contributed by atoms with Gasteiger partial charge >= 0.3 is 0 Å². The molecule has 1 heterocycles. The number of aromatic nitrogens is 2. The third-order valence-corrected chi connectivity index (χ3v) is 3.43. The van der Waals surface area contributed by atoms with Crippen molar-refractivity contribution >= 4 is 0 Å². The Bertz CT molecular complexity index is 542. The lowest BCUT2D eigenvalue weighted by atomic mass is 9.85. The zero-order valence-corrected chi connectivity index (χ0v) is 10.2. The summed E-state index contributed by atoms with van der Waals surface area (Å²) in [6.45, 7) is 3.07. The lowest BCUT2D eigenvalue weighted by Crippen LogP contribution is -2.08. The molecule has 1 aromatic heterocycles. The number of hydrogen-bond acceptors (Lipinski definition) is 2. The molecule has 3 nitrogen and oxygen atoms in total. The van der Waals surface area contributed by atoms with Crippen molar-refractivity contribution in [2.75, 3.05) is 7.05 Å². The average molecular weight is 227 g/mol. The van der Waals surface area contributed by atoms with Gasteiger partial charge in [0.15, 0.2) is 0 Å². The molecule has 17 heavy (non-hydrogen) atoms. The van der Waals surface area contributed by atoms with Gasteiger partial charge in [-0.2, -0.15) is 0 Å². The van der Waals surface area contributed by atoms with Crippen molar-refractivity contribution in [3.8, 4) is 11.3 Å². The summed E-state index contributed by atoms with van der Waals surface area (Å²) in [6.07, 6.45) is 1.06. The predicted octanol–water partition coefficient (Wildman–Crippen LogP) is 2.46. The largest absolute Gasteiger partial charge is 0.344 e. The number of imidazole rings is 1. The number of rotatable bonds is 2. The quantitative estimate of drug-likeness (QED) is 0.827. The third-order valence-electron chi connectivity index (χ3n) is 3.43. The Kier molecular flexibility index (Phi) is 2.48. The lowest BCUT2D eigenvalue weighted by Gasteiger charge is -2.21. The second kappa shape index (κ2) is 4.00. The van der Waals surface area contributed by atoms with Crippen LogP contribution in [-0.2, 0) is 13.0 Å². The van der Waals surface area contributed by atoms with E-state index in [1.165, 1.54) is 16.8 Å². The highest BCUT2D eigenvalue weighted by Gasteiger charge is 2.24. The normalized spacial score (nSPS) is 17.6. The molecule has 1 unspecified atom stereocenters. The number of fused-ring (bicyclic) bond motifs is 3. The molecule has 3 rings (SSSR count). The fourth-order valence-corrected chi connectivity index (χ4v) is 2.64. The predicted molar refractivity (Wildman–Crippen MR) is 68.9 cm³/mol. The highest BCUT2D eigenvalue weighted by atomic mass is 15.0. The van der Waals surface area contributed by atoms with Gasteiger partial charge in [-0.15, -0.1) is 0 Å². The number of nitrogens with zero attached hydrogens (tertiary/aromatic N) is 1. The van der Waals surface area contributed by atoms with E-state index in [1.54, 1.807) is 0 Å². The summed E-state index contributed by atoms with van der Waals surface area (Å²) in [4.78, 5) is 8.13. The number of aromatic amines is 1. The molecule has 0 saturated heterocycles. The minimum Gasteiger partial charge on any atom is -0.344 e. The van der Waals surface area contributed by atoms with E-state index in [0.717, 1.165) is 24.5 Å². The fourth-order valence-electron chi connectivity index (χ4n) is 2.64. The molecule has 0 fully saturated rings. The van der Waals surface area contributed by atoms with Crippen molar-refractivity contribution in [3.05, 3.63) is 41.3 Å². The van der Waals surface area contributed by atoms with Crippen LogP contribution in [0, 0.1) is 0 Å². The number of H-pyrrole nitrogens is 1. The Hall–Kier alpha value is -1.61. The molecule has 1 aliphatic carbocycles. The van der Waals surface area contributed by atoms with Crippen molar-refractivity contribution in [2.24, 2.45) is 0 Å². The highest BCUT2D eigenvalue weighted by molar-refractivity contribution is 5.69. The van der Waals surface area contributed by atoms with Gasteiger partial charge in [0, 0.05) is 11.3 Å². The third kappa shape index (κ3) is 1.67. The Balaban J connectivity index is 2.12. The van der Waals surface area contributed by atoms with Crippen molar-refractivity contribution in [1.29, 1.82) is 0 Å². The fraction of sp³-hybridized carbons (Fsp3) is 0.357. The van der Waals surface area contributed by atoms with Crippen LogP contribution < -0.4 is 5.32 Å². The molecular weight excluding hydrogens is 210 g/mol. The monoisotopic (exact) mass is 227 g/mol. The Morgan fingerprint density at radius 2 is 2.24 bits per heavy atom. The van der Waals surface area contributed by atoms with Crippen LogP contribution in [0.4, 0.5) is 0 Å². The number of hydrogen-bond donors (Lipinski definition) is 2. The molecule has 1 atom stereocenters. The van der Waals surface area contributed by atoms with Gasteiger partial charge in [0.05, 0.1) is 12.2 Å². The first kappa shape index (κ1) is 10.5. The summed E-state index contributed by atoms with van der Waals surface area (Å²) < 4.78 is 0. The zero-order chi connectivity index (χ0) is 11.8. The Labute approximate surface area is 101 Å². The lowest BCUT2D eigenvalue weighted by molar-refractivity contribution is 0.726. The maximum absolute atomic E-state index is 4.70. The van der Waals surface area contributed by atoms with E-state index in [-0.39, 0.29) is 0 Å². The second-order valence-electron chi connectivity index (χ2n) is 4.73. The molecule has 2 N–H and O–H groups in total. The van der Waals surface area contributed by atoms with Gasteiger partial charge in [-0.05, 0) is 24.9 Å². The van der Waals surface area contributed by atoms with Crippen LogP contribution in [0.3, 0.4) is 0 Å². The van der Waals surface area contributed by atoms with Gasteiger partial charge in [0.1, 0.15) is 5.82 Å². The number of benzene rings is 1. The summed E-state index contributed by atoms with van der Waals surface area (Å²) in [5.41, 5.74) is 5.13. The van der Waals surface area contributed by atoms with Gasteiger partial charge in [-0.25, -0.2) is 4.98 Å². The van der Waals surface area contributed by atoms with Crippen molar-refractivity contribution in [3.63, 3.8) is 0 Å². The summed E-state index contributed by atoms with van der Waals surface area (Å²) in [7, 11) is 1.94. The van der Waals surface area contributed by atoms with E-state index in [1.807, 2.05) is 7.05 Å². The first-order valence-electron chi connectivity index (χ1n) is 6.11. The molecule has 1 aromatic carbocycles. The summed E-state index contributed by atoms with van der Waals surface area (Å²) in [5, 5.41) is 3.13. The molecule has 1 aliphatic rings. The molecule has 0 amide bonds. The highest BCUT2D eigenvalue weighted by Crippen LogP contribution is 2.37. The van der Waals surface area contributed by atoms with E-state index < -0.39 is 0 Å². The average Bonchev–Trinajstić information content (AvgIpc) is 2.73. The molecule has 0 bridgehead atoms. The minimum atomic E-state index is 0.571. The van der Waals surface area contributed by atoms with Gasteiger partial charge in [-0.3, -0.25) is 0 Å². The van der Waals surface area contributed by atoms with E-state index in [2.05, 4.69) is 41.5 Å². The topological polar surface area (TPSA) is 40.7 Å². The Morgan fingerprint density at radius 3 is 3.06 bits per heavy atom. The standard InChI is InChI=1S/C14H17N3/c1-9-7-12-14(17-13(16-12)8-15-2)11-6-4-3-5-10(9)11/h3-6,9,15H,7-8H2,1-2H3,(H,16,17). The maximum Gasteiger partial charge on any atom is 0.121 e. The van der Waals surface area contributed by atoms with Crippen LogP contribution in [0.15, 0.2) is 24.3 Å². The number of nitrogens with one attached hydrogen (secondary N) is 2. The molecule has 3 heteroatoms. The summed E-state index contributed by atoms with van der Waals surface area (Å²) in [5.74, 6) is 1.60. The second-order valence-corrected chi connectivity index (χ2v) is 4.73. The maximum atomic E-state index is 4.70. The molecule has 0 spiro atoms. The summed E-state index contributed by atoms with van der Waals surface area (Å²) in [6, 6.07) is 8.59. The smallest absolute Gasteiger partial charge is 0.121 e. The van der Waals surface area contributed by atoms with Crippen molar-refractivity contribution in [2.45, 2.75) is 25.8 Å². The molecule has 0 saturated carbocycles. The Morgan fingerprint density at radius 1 is 1.41 bits per heavy atom. The van der Waals surface area contributed by atoms with E-state index in [0.29, 0.717) is 5.92 Å². The van der Waals surface area contributed by atoms with Crippen LogP contribution in [0.25, 0.3) is 11.3 Å². The first-order chi connectivity index (χ1) is 8.29. The van der Waals surface area contributed by atoms with E-state index >= 15 is 0 Å². The van der Waals surface area contributed by atoms with Crippen LogP contribution in [0.2, 0.25) is 0 Å². The molecule has 88 valence electrons. The zero-order valence-electron chi connectivity index (χ0n) is 10.2. The summed E-state index contributed by atoms with van der Waals surface area (Å²) >= 11 is 0. The van der Waals surface area contributed by atoms with Gasteiger partial charge < -0.3 is 10.3 Å². The van der Waals surface area contributed by atoms with Crippen LogP contribution in [-0.4, -0.2) is 17.0 Å². The van der Waals surface area contributed by atoms with Gasteiger partial charge in [0.2, 0.25) is 0 Å². The van der Waals surface area contributed by atoms with E-state index in [4.69, 9.17) is 4.98 Å². The van der Waals surface area contributed by atoms with Crippen molar-refractivity contribution in [1.82, 2.24) is 15.3 Å². The van der Waals surface area contributed by atoms with Crippen LogP contribution >= 0.6 is 0 Å². The molecule has 0 radical (unpaired) electrons. The van der Waals surface area contributed by atoms with Crippen LogP contribution in [0.5, 0.6) is 0 Å². The van der Waals surface area contributed by atoms with Gasteiger partial charge in [0.25, 0.3) is 0 Å². The molecular formula is C14H17N3. The minimum absolute atomic E-state index is 0.571. The van der Waals surface area contributed by atoms with Gasteiger partial charge in [-0.1, -0.05) is 31.2 Å². The van der Waals surface area contributed by atoms with E-state index in [9.17, 15) is 0 Å².